The second kappa shape index (κ2) is 46.9. The van der Waals surface area contributed by atoms with E-state index in [1.165, 1.54) is 0 Å². The lowest BCUT2D eigenvalue weighted by molar-refractivity contribution is -0.191. The molecular formula is C78H117N15O15. The largest absolute Gasteiger partial charge is 0.462 e. The van der Waals surface area contributed by atoms with Gasteiger partial charge in [0.1, 0.15) is 5.60 Å². The van der Waals surface area contributed by atoms with E-state index in [9.17, 15) is 28.8 Å². The zero-order valence-electron chi connectivity index (χ0n) is 64.7. The minimum Gasteiger partial charge on any atom is -0.462 e. The van der Waals surface area contributed by atoms with E-state index in [1.54, 1.807) is 106 Å². The second-order valence-electron chi connectivity index (χ2n) is 27.0. The number of benzene rings is 5. The third kappa shape index (κ3) is 31.0. The molecule has 5 aromatic carbocycles. The molecule has 5 aliphatic heterocycles. The minimum atomic E-state index is -0.485. The van der Waals surface area contributed by atoms with Crippen LogP contribution in [0.5, 0.6) is 0 Å². The summed E-state index contributed by atoms with van der Waals surface area (Å²) < 4.78 is 35.5. The maximum atomic E-state index is 12.1. The summed E-state index contributed by atoms with van der Waals surface area (Å²) in [5, 5.41) is 19.2. The van der Waals surface area contributed by atoms with Crippen LogP contribution in [0.3, 0.4) is 0 Å². The molecule has 108 heavy (non-hydrogen) atoms. The second-order valence-corrected chi connectivity index (χ2v) is 27.0. The Labute approximate surface area is 635 Å². The maximum absolute atomic E-state index is 12.1. The SMILES string of the molecule is CCOC(=O)c1ccc(NC2CCN(C(=O)OC(C)(C)C)CC2)c(N)c1.CCOC(=O)c1ccc(NC2CCN(CC)CC2)c(N)c1.CCOC(=O)c1ccc(NC2CCNCC2)c(N)c1.CCOC(=O)c1ccc(NC2CCOCC2)c(N)c1.CCOC(=O)c1ccc(NN2CCN(C)CC2)c(N)c1.O=C=O. The number of piperazine rings is 1. The molecule has 1 amide bonds. The lowest BCUT2D eigenvalue weighted by Crippen LogP contribution is -2.47. The molecule has 0 saturated carbocycles. The number of hydrogen-bond donors (Lipinski definition) is 11. The van der Waals surface area contributed by atoms with E-state index in [0.29, 0.717) is 121 Å². The normalized spacial score (nSPS) is 15.8. The Hall–Kier alpha value is -10.1. The van der Waals surface area contributed by atoms with Crippen LogP contribution in [-0.4, -0.2) is 217 Å². The molecule has 5 aromatic rings. The van der Waals surface area contributed by atoms with Gasteiger partial charge in [-0.1, -0.05) is 6.92 Å². The Morgan fingerprint density at radius 1 is 0.444 bits per heavy atom. The number of likely N-dealkylation sites (tertiary alicyclic amines) is 2. The zero-order chi connectivity index (χ0) is 79.1. The van der Waals surface area contributed by atoms with Gasteiger partial charge in [0.05, 0.1) is 118 Å². The Balaban J connectivity index is 0.000000241. The lowest BCUT2D eigenvalue weighted by Gasteiger charge is -2.34. The molecule has 594 valence electrons. The standard InChI is InChI=1S/C19H29N3O4.C16H25N3O2.C14H22N4O2.C14H21N3O2.C14H20N2O3.CO2/c1-5-25-17(23)13-6-7-16(15(20)12-13)21-14-8-10-22(11-9-14)18(24)26-19(2,3)4;1-3-19-9-7-13(8-10-19)18-15-6-5-12(11-14(15)17)16(20)21-4-2;1-3-20-14(19)11-4-5-13(12(15)10-11)16-18-8-6-17(2)7-9-18;1-2-19-14(18)10-3-4-13(12(15)9-10)17-11-5-7-16-8-6-11;1-2-19-14(17)10-3-4-13(12(15)9-10)16-11-5-7-18-8-6-11;2-1-3/h6-7,12,14,21H,5,8-11,20H2,1-4H3;5-6,11,13,18H,3-4,7-10,17H2,1-2H3;4-5,10,16H,3,6-9,15H2,1-2H3;3-4,9,11,16-17H,2,5-8,15H2,1H3;3-4,9,11,16H,2,5-8,15H2,1H3;. The van der Waals surface area contributed by atoms with Gasteiger partial charge in [-0.2, -0.15) is 9.59 Å². The van der Waals surface area contributed by atoms with Crippen LogP contribution in [0.4, 0.5) is 61.7 Å². The van der Waals surface area contributed by atoms with Crippen molar-refractivity contribution in [1.82, 2.24) is 25.0 Å². The van der Waals surface area contributed by atoms with Crippen LogP contribution in [0.1, 0.15) is 165 Å². The first-order chi connectivity index (χ1) is 51.7. The molecule has 0 unspecified atom stereocenters. The van der Waals surface area contributed by atoms with Gasteiger partial charge in [0.15, 0.2) is 0 Å². The van der Waals surface area contributed by atoms with E-state index in [4.69, 9.17) is 71.4 Å². The van der Waals surface area contributed by atoms with Gasteiger partial charge in [0.2, 0.25) is 0 Å². The van der Waals surface area contributed by atoms with E-state index in [0.717, 1.165) is 152 Å². The molecule has 30 nitrogen and oxygen atoms in total. The third-order valence-corrected chi connectivity index (χ3v) is 17.8. The molecule has 0 radical (unpaired) electrons. The maximum Gasteiger partial charge on any atom is 0.410 e. The first-order valence-corrected chi connectivity index (χ1v) is 37.3. The molecule has 30 heteroatoms. The molecule has 0 aromatic heterocycles. The predicted octanol–water partition coefficient (Wildman–Crippen LogP) is 9.68. The third-order valence-electron chi connectivity index (χ3n) is 17.8. The van der Waals surface area contributed by atoms with Gasteiger partial charge in [-0.05, 0) is 224 Å². The highest BCUT2D eigenvalue weighted by Crippen LogP contribution is 2.29. The number of carbonyl (C=O) groups is 6. The molecule has 5 saturated heterocycles. The summed E-state index contributed by atoms with van der Waals surface area (Å²) in [4.78, 5) is 93.0. The van der Waals surface area contributed by atoms with E-state index >= 15 is 0 Å². The number of anilines is 10. The number of nitrogen functional groups attached to an aromatic ring is 5. The van der Waals surface area contributed by atoms with Crippen molar-refractivity contribution in [3.63, 3.8) is 0 Å². The number of likely N-dealkylation sites (N-methyl/N-ethyl adjacent to an activating group) is 1. The Morgan fingerprint density at radius 3 is 1.04 bits per heavy atom. The molecule has 0 bridgehead atoms. The smallest absolute Gasteiger partial charge is 0.410 e. The van der Waals surface area contributed by atoms with E-state index in [-0.39, 0.29) is 48.1 Å². The Morgan fingerprint density at radius 2 is 0.741 bits per heavy atom. The number of hydrogen-bond acceptors (Lipinski definition) is 29. The first kappa shape index (κ1) is 88.5. The van der Waals surface area contributed by atoms with Gasteiger partial charge in [-0.3, -0.25) is 0 Å². The van der Waals surface area contributed by atoms with Crippen LogP contribution in [-0.2, 0) is 42.7 Å². The lowest BCUT2D eigenvalue weighted by atomic mass is 10.0. The number of rotatable bonds is 21. The van der Waals surface area contributed by atoms with Crippen molar-refractivity contribution < 1.29 is 71.5 Å². The number of hydrazine groups is 1. The van der Waals surface area contributed by atoms with Crippen LogP contribution in [0, 0.1) is 0 Å². The molecular weight excluding hydrogens is 1390 g/mol. The highest BCUT2D eigenvalue weighted by Gasteiger charge is 2.28. The number of nitrogens with one attached hydrogen (secondary N) is 6. The molecule has 0 atom stereocenters. The molecule has 5 heterocycles. The summed E-state index contributed by atoms with van der Waals surface area (Å²) in [5.41, 5.74) is 42.3. The Kier molecular flexibility index (Phi) is 38.4. The van der Waals surface area contributed by atoms with Gasteiger partial charge in [0.25, 0.3) is 0 Å². The van der Waals surface area contributed by atoms with Crippen molar-refractivity contribution in [3.05, 3.63) is 119 Å². The van der Waals surface area contributed by atoms with E-state index in [2.05, 4.69) is 60.8 Å². The average molecular weight is 1500 g/mol. The molecule has 0 spiro atoms. The molecule has 10 rings (SSSR count). The van der Waals surface area contributed by atoms with Crippen molar-refractivity contribution in [1.29, 1.82) is 0 Å². The van der Waals surface area contributed by atoms with E-state index in [1.807, 2.05) is 45.0 Å². The Bertz CT molecular complexity index is 3570. The summed E-state index contributed by atoms with van der Waals surface area (Å²) in [5.74, 6) is -1.72. The van der Waals surface area contributed by atoms with Gasteiger partial charge >= 0.3 is 42.1 Å². The van der Waals surface area contributed by atoms with Crippen molar-refractivity contribution >= 4 is 99.0 Å². The topological polar surface area (TPSA) is 416 Å². The number of piperidine rings is 3. The van der Waals surface area contributed by atoms with Crippen LogP contribution in [0.25, 0.3) is 0 Å². The predicted molar refractivity (Wildman–Crippen MR) is 422 cm³/mol. The summed E-state index contributed by atoms with van der Waals surface area (Å²) in [6.45, 7) is 30.6. The number of esters is 5. The van der Waals surface area contributed by atoms with Crippen molar-refractivity contribution in [3.8, 4) is 0 Å². The number of nitrogens with zero attached hydrogens (tertiary/aromatic N) is 4. The summed E-state index contributed by atoms with van der Waals surface area (Å²) in [6.07, 6.45) is 7.93. The van der Waals surface area contributed by atoms with E-state index < -0.39 is 5.60 Å². The molecule has 16 N–H and O–H groups in total. The van der Waals surface area contributed by atoms with Gasteiger partial charge in [0, 0.05) is 89.7 Å². The van der Waals surface area contributed by atoms with Crippen molar-refractivity contribution in [2.75, 3.05) is 181 Å². The van der Waals surface area contributed by atoms with Crippen LogP contribution in [0.15, 0.2) is 91.0 Å². The van der Waals surface area contributed by atoms with Gasteiger partial charge in [-0.25, -0.2) is 33.8 Å². The number of carbonyl (C=O) groups excluding carboxylic acids is 8. The highest BCUT2D eigenvalue weighted by molar-refractivity contribution is 5.95. The fraction of sp³-hybridized carbons (Fsp3) is 0.526. The molecule has 0 aliphatic carbocycles. The van der Waals surface area contributed by atoms with Gasteiger partial charge in [-0.15, -0.1) is 0 Å². The fourth-order valence-electron chi connectivity index (χ4n) is 11.9. The first-order valence-electron chi connectivity index (χ1n) is 37.3. The van der Waals surface area contributed by atoms with Gasteiger partial charge < -0.3 is 109 Å². The van der Waals surface area contributed by atoms with Crippen LogP contribution < -0.4 is 60.7 Å². The average Bonchev–Trinajstić information content (AvgIpc) is 0.838. The number of amides is 1. The summed E-state index contributed by atoms with van der Waals surface area (Å²) in [6, 6.07) is 27.6. The number of ether oxygens (including phenoxy) is 7. The molecule has 5 fully saturated rings. The quantitative estimate of drug-likeness (QED) is 0.0185. The summed E-state index contributed by atoms with van der Waals surface area (Å²) >= 11 is 0. The highest BCUT2D eigenvalue weighted by atomic mass is 16.6. The van der Waals surface area contributed by atoms with Crippen LogP contribution in [0.2, 0.25) is 0 Å². The van der Waals surface area contributed by atoms with Crippen LogP contribution >= 0.6 is 0 Å². The minimum absolute atomic E-state index is 0.212. The summed E-state index contributed by atoms with van der Waals surface area (Å²) in [7, 11) is 2.11. The molecule has 5 aliphatic rings. The van der Waals surface area contributed by atoms with Crippen molar-refractivity contribution in [2.45, 2.75) is 143 Å². The zero-order valence-corrected chi connectivity index (χ0v) is 64.7. The monoisotopic (exact) mass is 1500 g/mol. The van der Waals surface area contributed by atoms with Crippen molar-refractivity contribution in [2.24, 2.45) is 0 Å². The number of nitrogens with two attached hydrogens (primary N) is 5. The fourth-order valence-corrected chi connectivity index (χ4v) is 11.9.